The average Bonchev–Trinajstić information content (AvgIpc) is 3.72. The molecule has 0 spiro atoms. The maximum Gasteiger partial charge on any atom is 0.410 e. The first-order valence-corrected chi connectivity index (χ1v) is 19.5. The molecule has 54 heavy (non-hydrogen) atoms. The Kier molecular flexibility index (Phi) is 13.0. The molecule has 2 aliphatic rings. The maximum atomic E-state index is 16.9. The number of halogens is 2. The largest absolute Gasteiger partial charge is 0.461 e. The number of benzene rings is 2. The number of amides is 1. The molecule has 2 aromatic heterocycles. The minimum absolute atomic E-state index is 0.00235. The lowest BCUT2D eigenvalue weighted by molar-refractivity contribution is 0.0221. The Hall–Kier alpha value is -4.56. The van der Waals surface area contributed by atoms with E-state index >= 15 is 8.78 Å². The van der Waals surface area contributed by atoms with Gasteiger partial charge in [0.05, 0.1) is 22.2 Å². The summed E-state index contributed by atoms with van der Waals surface area (Å²) in [4.78, 5) is 31.1. The summed E-state index contributed by atoms with van der Waals surface area (Å²) in [5, 5.41) is 1.38. The van der Waals surface area contributed by atoms with E-state index in [0.29, 0.717) is 60.0 Å². The number of anilines is 1. The zero-order chi connectivity index (χ0) is 39.2. The third kappa shape index (κ3) is 8.70. The van der Waals surface area contributed by atoms with Gasteiger partial charge in [0.25, 0.3) is 0 Å². The number of hydrogen-bond acceptors (Lipinski definition) is 8. The molecule has 9 nitrogen and oxygen atoms in total. The third-order valence-electron chi connectivity index (χ3n) is 10.3. The van der Waals surface area contributed by atoms with E-state index in [2.05, 4.69) is 27.7 Å². The molecule has 6 rings (SSSR count). The molecule has 290 valence electrons. The Morgan fingerprint density at radius 1 is 1.09 bits per heavy atom. The Morgan fingerprint density at radius 3 is 2.48 bits per heavy atom. The minimum atomic E-state index is -0.708. The van der Waals surface area contributed by atoms with Crippen LogP contribution in [0.4, 0.5) is 19.4 Å². The number of pyridine rings is 1. The quantitative estimate of drug-likeness (QED) is 0.143. The van der Waals surface area contributed by atoms with Crippen molar-refractivity contribution >= 4 is 33.6 Å². The fraction of sp³-hybridized carbons (Fsp3) is 0.535. The van der Waals surface area contributed by atoms with Gasteiger partial charge in [-0.3, -0.25) is 4.90 Å². The van der Waals surface area contributed by atoms with Crippen molar-refractivity contribution in [3.63, 3.8) is 0 Å². The van der Waals surface area contributed by atoms with Crippen LogP contribution < -0.4 is 10.5 Å². The van der Waals surface area contributed by atoms with Gasteiger partial charge in [-0.1, -0.05) is 57.9 Å². The fourth-order valence-corrected chi connectivity index (χ4v) is 7.97. The van der Waals surface area contributed by atoms with Crippen LogP contribution in [-0.2, 0) is 11.2 Å². The third-order valence-corrected chi connectivity index (χ3v) is 10.3. The van der Waals surface area contributed by atoms with E-state index in [-0.39, 0.29) is 46.2 Å². The SMILES string of the molecule is C#Cc1c(F)ccc2cccc(-c3nc(CCC[C@@H](C)CN(CCC)C(=O)OC(C)(C)C)c4c(N)nc(OCC56CCCN5CCC6)nc4c3F)c12.CC. The highest BCUT2D eigenvalue weighted by Crippen LogP contribution is 2.40. The number of carbonyl (C=O) groups is 1. The lowest BCUT2D eigenvalue weighted by Gasteiger charge is -2.31. The van der Waals surface area contributed by atoms with E-state index in [0.717, 1.165) is 51.6 Å². The lowest BCUT2D eigenvalue weighted by atomic mass is 9.95. The standard InChI is InChI=1S/C41H50F2N6O3.C2H6/c1-7-21-48(39(50)52-40(4,5)6)24-26(3)13-9-16-31-33-36(46-38(47-37(33)44)51-25-41-19-11-22-49(41)23-12-20-41)34(43)35(45-31)29-15-10-14-27-17-18-30(42)28(8-2)32(27)29;1-2/h2,10,14-15,17-18,26H,7,9,11-13,16,19-25H2,1,3-6H3,(H2,44,46,47);1-2H3/t26-;/m1./s1. The second kappa shape index (κ2) is 17.3. The van der Waals surface area contributed by atoms with Gasteiger partial charge in [0, 0.05) is 24.0 Å². The molecule has 2 N–H and O–H groups in total. The van der Waals surface area contributed by atoms with Gasteiger partial charge in [0.15, 0.2) is 5.82 Å². The van der Waals surface area contributed by atoms with Gasteiger partial charge in [-0.15, -0.1) is 6.42 Å². The first-order valence-electron chi connectivity index (χ1n) is 19.5. The highest BCUT2D eigenvalue weighted by Gasteiger charge is 2.45. The molecule has 0 radical (unpaired) electrons. The fourth-order valence-electron chi connectivity index (χ4n) is 7.97. The number of hydrogen-bond donors (Lipinski definition) is 1. The minimum Gasteiger partial charge on any atom is -0.461 e. The van der Waals surface area contributed by atoms with Crippen LogP contribution in [-0.4, -0.2) is 74.8 Å². The van der Waals surface area contributed by atoms with E-state index in [9.17, 15) is 4.79 Å². The van der Waals surface area contributed by atoms with E-state index in [1.807, 2.05) is 41.5 Å². The molecule has 4 heterocycles. The van der Waals surface area contributed by atoms with Crippen LogP contribution in [0.2, 0.25) is 0 Å². The highest BCUT2D eigenvalue weighted by molar-refractivity contribution is 6.02. The second-order valence-corrected chi connectivity index (χ2v) is 15.4. The van der Waals surface area contributed by atoms with Crippen LogP contribution in [0.15, 0.2) is 30.3 Å². The summed E-state index contributed by atoms with van der Waals surface area (Å²) >= 11 is 0. The van der Waals surface area contributed by atoms with E-state index in [1.165, 1.54) is 6.07 Å². The average molecular weight is 743 g/mol. The molecule has 0 bridgehead atoms. The van der Waals surface area contributed by atoms with E-state index in [4.69, 9.17) is 26.6 Å². The Morgan fingerprint density at radius 2 is 1.81 bits per heavy atom. The lowest BCUT2D eigenvalue weighted by Crippen LogP contribution is -2.43. The van der Waals surface area contributed by atoms with Crippen LogP contribution >= 0.6 is 0 Å². The summed E-state index contributed by atoms with van der Waals surface area (Å²) in [5.74, 6) is 1.40. The summed E-state index contributed by atoms with van der Waals surface area (Å²) in [5.41, 5.74) is 6.86. The molecule has 0 unspecified atom stereocenters. The Labute approximate surface area is 319 Å². The molecule has 2 aliphatic heterocycles. The molecule has 2 saturated heterocycles. The van der Waals surface area contributed by atoms with Gasteiger partial charge in [-0.05, 0) is 103 Å². The Bertz CT molecular complexity index is 2000. The molecule has 2 aromatic carbocycles. The number of rotatable bonds is 12. The first kappa shape index (κ1) is 40.6. The molecule has 0 aliphatic carbocycles. The topological polar surface area (TPSA) is 107 Å². The number of carbonyl (C=O) groups excluding carboxylic acids is 1. The smallest absolute Gasteiger partial charge is 0.410 e. The number of ether oxygens (including phenoxy) is 2. The van der Waals surface area contributed by atoms with Crippen molar-refractivity contribution < 1.29 is 23.0 Å². The molecule has 0 saturated carbocycles. The summed E-state index contributed by atoms with van der Waals surface area (Å²) in [6, 6.07) is 8.22. The number of aryl methyl sites for hydroxylation is 1. The van der Waals surface area contributed by atoms with Gasteiger partial charge in [0.1, 0.15) is 35.1 Å². The molecular formula is C43H56F2N6O3. The zero-order valence-electron chi connectivity index (χ0n) is 33.0. The van der Waals surface area contributed by atoms with Crippen molar-refractivity contribution in [2.45, 2.75) is 111 Å². The summed E-state index contributed by atoms with van der Waals surface area (Å²) in [6.45, 7) is 17.3. The highest BCUT2D eigenvalue weighted by atomic mass is 19.1. The molecule has 2 fully saturated rings. The molecule has 4 aromatic rings. The predicted molar refractivity (Wildman–Crippen MR) is 212 cm³/mol. The number of terminal acetylenes is 1. The van der Waals surface area contributed by atoms with Gasteiger partial charge in [-0.2, -0.15) is 9.97 Å². The summed E-state index contributed by atoms with van der Waals surface area (Å²) in [6.07, 6.45) is 12.4. The van der Waals surface area contributed by atoms with Crippen LogP contribution in [0.5, 0.6) is 6.01 Å². The van der Waals surface area contributed by atoms with Crippen molar-refractivity contribution in [1.82, 2.24) is 24.8 Å². The molecular weight excluding hydrogens is 687 g/mol. The van der Waals surface area contributed by atoms with Crippen molar-refractivity contribution in [3.8, 4) is 29.6 Å². The molecule has 11 heteroatoms. The molecule has 1 amide bonds. The number of nitrogen functional groups attached to an aromatic ring is 1. The monoisotopic (exact) mass is 742 g/mol. The van der Waals surface area contributed by atoms with Gasteiger partial charge >= 0.3 is 12.1 Å². The van der Waals surface area contributed by atoms with Gasteiger partial charge in [0.2, 0.25) is 0 Å². The van der Waals surface area contributed by atoms with Gasteiger partial charge in [-0.25, -0.2) is 18.6 Å². The summed E-state index contributed by atoms with van der Waals surface area (Å²) in [7, 11) is 0. The number of nitrogens with zero attached hydrogens (tertiary/aromatic N) is 5. The predicted octanol–water partition coefficient (Wildman–Crippen LogP) is 9.33. The summed E-state index contributed by atoms with van der Waals surface area (Å²) < 4.78 is 43.8. The van der Waals surface area contributed by atoms with Crippen LogP contribution in [0.25, 0.3) is 32.9 Å². The number of fused-ring (bicyclic) bond motifs is 3. The Balaban J connectivity index is 0.00000276. The zero-order valence-corrected chi connectivity index (χ0v) is 33.0. The number of nitrogens with two attached hydrogens (primary N) is 1. The van der Waals surface area contributed by atoms with Crippen molar-refractivity contribution in [2.24, 2.45) is 5.92 Å². The van der Waals surface area contributed by atoms with E-state index < -0.39 is 17.2 Å². The maximum absolute atomic E-state index is 16.9. The molecule has 1 atom stereocenters. The van der Waals surface area contributed by atoms with E-state index in [1.54, 1.807) is 29.2 Å². The normalized spacial score (nSPS) is 15.7. The van der Waals surface area contributed by atoms with Gasteiger partial charge < -0.3 is 20.1 Å². The first-order chi connectivity index (χ1) is 25.8. The van der Waals surface area contributed by atoms with Crippen molar-refractivity contribution in [3.05, 3.63) is 53.2 Å². The van der Waals surface area contributed by atoms with Crippen LogP contribution in [0, 0.1) is 29.9 Å². The van der Waals surface area contributed by atoms with Crippen LogP contribution in [0.1, 0.15) is 105 Å². The van der Waals surface area contributed by atoms with Crippen LogP contribution in [0.3, 0.4) is 0 Å². The number of aromatic nitrogens is 3. The second-order valence-electron chi connectivity index (χ2n) is 15.4. The van der Waals surface area contributed by atoms with Crippen molar-refractivity contribution in [2.75, 3.05) is 38.5 Å². The van der Waals surface area contributed by atoms with Crippen molar-refractivity contribution in [1.29, 1.82) is 0 Å².